The lowest BCUT2D eigenvalue weighted by atomic mass is 10.0. The molecule has 0 aliphatic rings. The highest BCUT2D eigenvalue weighted by Crippen LogP contribution is 2.10. The number of hydrogen-bond acceptors (Lipinski definition) is 2. The van der Waals surface area contributed by atoms with E-state index in [0.29, 0.717) is 0 Å². The summed E-state index contributed by atoms with van der Waals surface area (Å²) in [5.41, 5.74) is -0.525. The van der Waals surface area contributed by atoms with E-state index in [0.717, 1.165) is 32.0 Å². The molecule has 0 aromatic rings. The van der Waals surface area contributed by atoms with Gasteiger partial charge in [0.2, 0.25) is 0 Å². The van der Waals surface area contributed by atoms with Crippen molar-refractivity contribution in [1.82, 2.24) is 4.90 Å². The number of nitrogens with zero attached hydrogens (tertiary/aromatic N) is 1. The third-order valence-corrected chi connectivity index (χ3v) is 2.75. The van der Waals surface area contributed by atoms with Crippen LogP contribution in [0.2, 0.25) is 0 Å². The van der Waals surface area contributed by atoms with E-state index in [9.17, 15) is 5.11 Å². The molecular weight excluding hydrogens is 174 g/mol. The van der Waals surface area contributed by atoms with E-state index in [1.54, 1.807) is 0 Å². The Bertz CT molecular complexity index is 140. The van der Waals surface area contributed by atoms with Crippen LogP contribution in [0, 0.1) is 5.92 Å². The number of hydrogen-bond donors (Lipinski definition) is 1. The molecule has 0 spiro atoms. The Balaban J connectivity index is 3.80. The summed E-state index contributed by atoms with van der Waals surface area (Å²) in [5.74, 6) is 0.761. The Kier molecular flexibility index (Phi) is 6.38. The van der Waals surface area contributed by atoms with Crippen LogP contribution >= 0.6 is 0 Å². The summed E-state index contributed by atoms with van der Waals surface area (Å²) in [7, 11) is 0. The van der Waals surface area contributed by atoms with Gasteiger partial charge in [-0.15, -0.1) is 0 Å². The Hall–Kier alpha value is -0.0800. The quantitative estimate of drug-likeness (QED) is 0.684. The molecule has 0 aromatic heterocycles. The molecule has 2 nitrogen and oxygen atoms in total. The van der Waals surface area contributed by atoms with Crippen LogP contribution < -0.4 is 0 Å². The van der Waals surface area contributed by atoms with Crippen LogP contribution in [0.15, 0.2) is 0 Å². The highest BCUT2D eigenvalue weighted by Gasteiger charge is 2.15. The Morgan fingerprint density at radius 1 is 1.29 bits per heavy atom. The smallest absolute Gasteiger partial charge is 0.0603 e. The number of aliphatic hydroxyl groups is 1. The summed E-state index contributed by atoms with van der Waals surface area (Å²) in [4.78, 5) is 2.42. The second kappa shape index (κ2) is 6.41. The lowest BCUT2D eigenvalue weighted by Gasteiger charge is -2.27. The van der Waals surface area contributed by atoms with Gasteiger partial charge in [0.1, 0.15) is 0 Å². The van der Waals surface area contributed by atoms with Crippen LogP contribution in [0.3, 0.4) is 0 Å². The van der Waals surface area contributed by atoms with Crippen molar-refractivity contribution in [2.45, 2.75) is 53.1 Å². The van der Waals surface area contributed by atoms with Crippen molar-refractivity contribution in [2.24, 2.45) is 5.92 Å². The summed E-state index contributed by atoms with van der Waals surface area (Å²) >= 11 is 0. The van der Waals surface area contributed by atoms with Crippen LogP contribution in [-0.2, 0) is 0 Å². The summed E-state index contributed by atoms with van der Waals surface area (Å²) in [6, 6.07) is 0. The van der Waals surface area contributed by atoms with E-state index in [4.69, 9.17) is 0 Å². The molecule has 0 aromatic carbocycles. The van der Waals surface area contributed by atoms with Gasteiger partial charge in [-0.3, -0.25) is 0 Å². The fourth-order valence-electron chi connectivity index (χ4n) is 1.38. The third kappa shape index (κ3) is 7.34. The molecule has 0 heterocycles. The van der Waals surface area contributed by atoms with E-state index < -0.39 is 5.60 Å². The van der Waals surface area contributed by atoms with Crippen molar-refractivity contribution in [2.75, 3.05) is 19.6 Å². The highest BCUT2D eigenvalue weighted by molar-refractivity contribution is 4.69. The van der Waals surface area contributed by atoms with Gasteiger partial charge < -0.3 is 10.0 Å². The van der Waals surface area contributed by atoms with Crippen molar-refractivity contribution >= 4 is 0 Å². The fraction of sp³-hybridized carbons (Fsp3) is 1.00. The van der Waals surface area contributed by atoms with E-state index >= 15 is 0 Å². The first-order valence-corrected chi connectivity index (χ1v) is 5.83. The minimum atomic E-state index is -0.525. The first-order chi connectivity index (χ1) is 6.39. The first-order valence-electron chi connectivity index (χ1n) is 5.83. The van der Waals surface area contributed by atoms with Gasteiger partial charge in [0.15, 0.2) is 0 Å². The van der Waals surface area contributed by atoms with Gasteiger partial charge in [-0.25, -0.2) is 0 Å². The fourth-order valence-corrected chi connectivity index (χ4v) is 1.38. The maximum Gasteiger partial charge on any atom is 0.0603 e. The van der Waals surface area contributed by atoms with Gasteiger partial charge in [0.25, 0.3) is 0 Å². The van der Waals surface area contributed by atoms with Crippen LogP contribution in [0.5, 0.6) is 0 Å². The maximum atomic E-state index is 9.63. The first kappa shape index (κ1) is 13.9. The van der Waals surface area contributed by atoms with Crippen LogP contribution in [-0.4, -0.2) is 35.2 Å². The Labute approximate surface area is 89.3 Å². The van der Waals surface area contributed by atoms with E-state index in [1.807, 2.05) is 13.8 Å². The molecule has 86 valence electrons. The lowest BCUT2D eigenvalue weighted by molar-refractivity contribution is 0.0564. The summed E-state index contributed by atoms with van der Waals surface area (Å²) in [6.07, 6.45) is 2.09. The maximum absolute atomic E-state index is 9.63. The van der Waals surface area contributed by atoms with E-state index in [2.05, 4.69) is 25.7 Å². The molecule has 0 bridgehead atoms. The molecule has 0 radical (unpaired) electrons. The minimum absolute atomic E-state index is 0.525. The van der Waals surface area contributed by atoms with Crippen LogP contribution in [0.25, 0.3) is 0 Å². The Morgan fingerprint density at radius 2 is 1.86 bits per heavy atom. The zero-order valence-electron chi connectivity index (χ0n) is 10.5. The van der Waals surface area contributed by atoms with Gasteiger partial charge in [0, 0.05) is 13.1 Å². The summed E-state index contributed by atoms with van der Waals surface area (Å²) in [5, 5.41) is 9.63. The second-order valence-corrected chi connectivity index (χ2v) is 4.97. The van der Waals surface area contributed by atoms with Gasteiger partial charge in [-0.2, -0.15) is 0 Å². The van der Waals surface area contributed by atoms with E-state index in [-0.39, 0.29) is 0 Å². The normalized spacial score (nSPS) is 14.8. The standard InChI is InChI=1S/C12H27NO/c1-6-11(3)10-13(7-2)9-8-12(4,5)14/h11,14H,6-10H2,1-5H3. The van der Waals surface area contributed by atoms with Crippen molar-refractivity contribution in [1.29, 1.82) is 0 Å². The largest absolute Gasteiger partial charge is 0.390 e. The van der Waals surface area contributed by atoms with Crippen LogP contribution in [0.4, 0.5) is 0 Å². The molecule has 0 saturated carbocycles. The molecule has 0 saturated heterocycles. The zero-order chi connectivity index (χ0) is 11.2. The molecular formula is C12H27NO. The van der Waals surface area contributed by atoms with Crippen LogP contribution in [0.1, 0.15) is 47.5 Å². The van der Waals surface area contributed by atoms with Gasteiger partial charge in [0.05, 0.1) is 5.60 Å². The summed E-state index contributed by atoms with van der Waals surface area (Å²) in [6.45, 7) is 13.7. The molecule has 0 aliphatic heterocycles. The minimum Gasteiger partial charge on any atom is -0.390 e. The van der Waals surface area contributed by atoms with Gasteiger partial charge in [-0.1, -0.05) is 27.2 Å². The molecule has 2 heteroatoms. The van der Waals surface area contributed by atoms with Gasteiger partial charge >= 0.3 is 0 Å². The molecule has 14 heavy (non-hydrogen) atoms. The van der Waals surface area contributed by atoms with E-state index in [1.165, 1.54) is 6.42 Å². The molecule has 1 N–H and O–H groups in total. The molecule has 0 aliphatic carbocycles. The Morgan fingerprint density at radius 3 is 2.21 bits per heavy atom. The second-order valence-electron chi connectivity index (χ2n) is 4.97. The topological polar surface area (TPSA) is 23.5 Å². The molecule has 1 unspecified atom stereocenters. The SMILES string of the molecule is CCC(C)CN(CC)CCC(C)(C)O. The summed E-state index contributed by atoms with van der Waals surface area (Å²) < 4.78 is 0. The van der Waals surface area contributed by atoms with Crippen molar-refractivity contribution < 1.29 is 5.11 Å². The monoisotopic (exact) mass is 201 g/mol. The molecule has 0 amide bonds. The van der Waals surface area contributed by atoms with Gasteiger partial charge in [-0.05, 0) is 32.7 Å². The lowest BCUT2D eigenvalue weighted by Crippen LogP contribution is -2.33. The zero-order valence-corrected chi connectivity index (χ0v) is 10.5. The van der Waals surface area contributed by atoms with Crippen molar-refractivity contribution in [3.8, 4) is 0 Å². The predicted octanol–water partition coefficient (Wildman–Crippen LogP) is 2.52. The molecule has 0 rings (SSSR count). The number of rotatable bonds is 7. The third-order valence-electron chi connectivity index (χ3n) is 2.75. The highest BCUT2D eigenvalue weighted by atomic mass is 16.3. The average molecular weight is 201 g/mol. The average Bonchev–Trinajstić information content (AvgIpc) is 2.10. The van der Waals surface area contributed by atoms with Crippen molar-refractivity contribution in [3.63, 3.8) is 0 Å². The molecule has 0 fully saturated rings. The van der Waals surface area contributed by atoms with Crippen molar-refractivity contribution in [3.05, 3.63) is 0 Å². The molecule has 1 atom stereocenters. The predicted molar refractivity (Wildman–Crippen MR) is 62.5 cm³/mol.